The summed E-state index contributed by atoms with van der Waals surface area (Å²) in [4.78, 5) is 12.4. The number of hydrogen-bond acceptors (Lipinski definition) is 2. The van der Waals surface area contributed by atoms with Gasteiger partial charge in [-0.2, -0.15) is 0 Å². The van der Waals surface area contributed by atoms with E-state index < -0.39 is 10.5 Å². The second-order valence-corrected chi connectivity index (χ2v) is 5.79. The standard InChI is InChI=1S/C14H9Cl2FOS/c15-10-3-7-12(8-4-10)19-13(14(16)18)9-1-5-11(17)6-2-9/h1-8,13H. The van der Waals surface area contributed by atoms with E-state index in [1.54, 1.807) is 24.3 Å². The molecule has 1 nitrogen and oxygen atoms in total. The third kappa shape index (κ3) is 3.96. The molecule has 0 saturated heterocycles. The van der Waals surface area contributed by atoms with Gasteiger partial charge in [-0.15, -0.1) is 11.8 Å². The van der Waals surface area contributed by atoms with E-state index in [2.05, 4.69) is 0 Å². The second kappa shape index (κ2) is 6.42. The van der Waals surface area contributed by atoms with Crippen molar-refractivity contribution in [3.63, 3.8) is 0 Å². The molecule has 0 heterocycles. The van der Waals surface area contributed by atoms with Gasteiger partial charge in [-0.05, 0) is 53.6 Å². The predicted molar refractivity (Wildman–Crippen MR) is 77.3 cm³/mol. The summed E-state index contributed by atoms with van der Waals surface area (Å²) in [6, 6.07) is 12.8. The number of hydrogen-bond donors (Lipinski definition) is 0. The number of benzene rings is 2. The second-order valence-electron chi connectivity index (χ2n) is 3.81. The van der Waals surface area contributed by atoms with Crippen molar-refractivity contribution in [2.24, 2.45) is 0 Å². The lowest BCUT2D eigenvalue weighted by molar-refractivity contribution is -0.111. The van der Waals surface area contributed by atoms with Gasteiger partial charge in [0.25, 0.3) is 0 Å². The zero-order valence-electron chi connectivity index (χ0n) is 9.65. The van der Waals surface area contributed by atoms with E-state index in [4.69, 9.17) is 23.2 Å². The highest BCUT2D eigenvalue weighted by Gasteiger charge is 2.20. The lowest BCUT2D eigenvalue weighted by Gasteiger charge is -2.12. The molecule has 1 unspecified atom stereocenters. The summed E-state index contributed by atoms with van der Waals surface area (Å²) in [7, 11) is 0. The Hall–Kier alpha value is -1.03. The summed E-state index contributed by atoms with van der Waals surface area (Å²) in [5, 5.41) is -0.435. The zero-order valence-corrected chi connectivity index (χ0v) is 12.0. The molecule has 5 heteroatoms. The molecule has 0 bridgehead atoms. The summed E-state index contributed by atoms with van der Waals surface area (Å²) in [6.07, 6.45) is 0. The molecule has 2 aromatic rings. The summed E-state index contributed by atoms with van der Waals surface area (Å²) >= 11 is 12.7. The van der Waals surface area contributed by atoms with Gasteiger partial charge in [-0.25, -0.2) is 4.39 Å². The minimum absolute atomic E-state index is 0.346. The Kier molecular flexibility index (Phi) is 4.86. The summed E-state index contributed by atoms with van der Waals surface area (Å²) in [5.74, 6) is -0.346. The van der Waals surface area contributed by atoms with Crippen molar-refractivity contribution in [2.45, 2.75) is 10.1 Å². The number of carbonyl (C=O) groups excluding carboxylic acids is 1. The highest BCUT2D eigenvalue weighted by Crippen LogP contribution is 2.37. The van der Waals surface area contributed by atoms with Gasteiger partial charge >= 0.3 is 0 Å². The molecule has 0 amide bonds. The van der Waals surface area contributed by atoms with Crippen molar-refractivity contribution >= 4 is 40.2 Å². The van der Waals surface area contributed by atoms with Crippen molar-refractivity contribution in [1.29, 1.82) is 0 Å². The van der Waals surface area contributed by atoms with Crippen LogP contribution in [-0.2, 0) is 4.79 Å². The molecule has 2 rings (SSSR count). The topological polar surface area (TPSA) is 17.1 Å². The molecule has 0 radical (unpaired) electrons. The lowest BCUT2D eigenvalue weighted by atomic mass is 10.1. The minimum Gasteiger partial charge on any atom is -0.280 e. The van der Waals surface area contributed by atoms with Gasteiger partial charge in [0.1, 0.15) is 11.1 Å². The summed E-state index contributed by atoms with van der Waals surface area (Å²) in [6.45, 7) is 0. The molecule has 2 aromatic carbocycles. The Morgan fingerprint density at radius 1 is 1.05 bits per heavy atom. The lowest BCUT2D eigenvalue weighted by Crippen LogP contribution is -2.02. The first-order valence-electron chi connectivity index (χ1n) is 5.43. The quantitative estimate of drug-likeness (QED) is 0.578. The van der Waals surface area contributed by atoms with Crippen molar-refractivity contribution in [2.75, 3.05) is 0 Å². The van der Waals surface area contributed by atoms with Crippen LogP contribution in [0.5, 0.6) is 0 Å². The predicted octanol–water partition coefficient (Wildman–Crippen LogP) is 5.08. The number of halogens is 3. The molecule has 0 spiro atoms. The van der Waals surface area contributed by atoms with E-state index in [9.17, 15) is 9.18 Å². The first kappa shape index (κ1) is 14.4. The fourth-order valence-corrected chi connectivity index (χ4v) is 2.87. The molecule has 1 atom stereocenters. The van der Waals surface area contributed by atoms with Gasteiger partial charge in [-0.3, -0.25) is 4.79 Å². The Morgan fingerprint density at radius 3 is 2.16 bits per heavy atom. The van der Waals surface area contributed by atoms with Crippen LogP contribution in [0, 0.1) is 5.82 Å². The first-order chi connectivity index (χ1) is 9.06. The third-order valence-corrected chi connectivity index (χ3v) is 4.31. The van der Waals surface area contributed by atoms with E-state index >= 15 is 0 Å². The normalized spacial score (nSPS) is 12.2. The number of rotatable bonds is 4. The SMILES string of the molecule is O=C(Cl)C(Sc1ccc(Cl)cc1)c1ccc(F)cc1. The average molecular weight is 315 g/mol. The molecule has 98 valence electrons. The summed E-state index contributed by atoms with van der Waals surface area (Å²) < 4.78 is 12.9. The Morgan fingerprint density at radius 2 is 1.63 bits per heavy atom. The largest absolute Gasteiger partial charge is 0.280 e. The monoisotopic (exact) mass is 314 g/mol. The Bertz CT molecular complexity index is 569. The zero-order chi connectivity index (χ0) is 13.8. The highest BCUT2D eigenvalue weighted by atomic mass is 35.5. The van der Waals surface area contributed by atoms with E-state index in [1.165, 1.54) is 23.9 Å². The minimum atomic E-state index is -0.566. The van der Waals surface area contributed by atoms with E-state index in [-0.39, 0.29) is 5.82 Å². The average Bonchev–Trinajstić information content (AvgIpc) is 2.39. The first-order valence-corrected chi connectivity index (χ1v) is 7.07. The molecular formula is C14H9Cl2FOS. The number of carbonyl (C=O) groups is 1. The molecule has 0 aliphatic rings. The fraction of sp³-hybridized carbons (Fsp3) is 0.0714. The maximum absolute atomic E-state index is 12.9. The van der Waals surface area contributed by atoms with Crippen molar-refractivity contribution in [1.82, 2.24) is 0 Å². The summed E-state index contributed by atoms with van der Waals surface area (Å²) in [5.41, 5.74) is 0.668. The van der Waals surface area contributed by atoms with Crippen LogP contribution in [0.25, 0.3) is 0 Å². The van der Waals surface area contributed by atoms with Crippen LogP contribution in [0.2, 0.25) is 5.02 Å². The van der Waals surface area contributed by atoms with Gasteiger partial charge in [0, 0.05) is 9.92 Å². The highest BCUT2D eigenvalue weighted by molar-refractivity contribution is 8.00. The van der Waals surface area contributed by atoms with Crippen LogP contribution in [0.15, 0.2) is 53.4 Å². The van der Waals surface area contributed by atoms with Crippen molar-refractivity contribution < 1.29 is 9.18 Å². The molecule has 19 heavy (non-hydrogen) atoms. The van der Waals surface area contributed by atoms with Crippen LogP contribution in [0.3, 0.4) is 0 Å². The molecule has 0 aromatic heterocycles. The maximum atomic E-state index is 12.9. The van der Waals surface area contributed by atoms with Crippen molar-refractivity contribution in [3.05, 3.63) is 64.9 Å². The molecular weight excluding hydrogens is 306 g/mol. The molecule has 0 N–H and O–H groups in total. The molecule has 0 fully saturated rings. The maximum Gasteiger partial charge on any atom is 0.239 e. The molecule has 0 aliphatic heterocycles. The van der Waals surface area contributed by atoms with Crippen molar-refractivity contribution in [3.8, 4) is 0 Å². The van der Waals surface area contributed by atoms with Gasteiger partial charge in [-0.1, -0.05) is 23.7 Å². The van der Waals surface area contributed by atoms with Gasteiger partial charge in [0.15, 0.2) is 0 Å². The smallest absolute Gasteiger partial charge is 0.239 e. The van der Waals surface area contributed by atoms with E-state index in [0.717, 1.165) is 4.90 Å². The van der Waals surface area contributed by atoms with Crippen LogP contribution in [0.1, 0.15) is 10.8 Å². The fourth-order valence-electron chi connectivity index (χ4n) is 1.53. The molecule has 0 aliphatic carbocycles. The van der Waals surface area contributed by atoms with Crippen LogP contribution in [-0.4, -0.2) is 5.24 Å². The van der Waals surface area contributed by atoms with Gasteiger partial charge in [0.2, 0.25) is 5.24 Å². The Labute approximate surface area is 124 Å². The number of thioether (sulfide) groups is 1. The third-order valence-electron chi connectivity index (χ3n) is 2.45. The van der Waals surface area contributed by atoms with Gasteiger partial charge < -0.3 is 0 Å². The molecule has 0 saturated carbocycles. The van der Waals surface area contributed by atoms with E-state index in [0.29, 0.717) is 10.6 Å². The van der Waals surface area contributed by atoms with Crippen LogP contribution < -0.4 is 0 Å². The van der Waals surface area contributed by atoms with Crippen LogP contribution >= 0.6 is 35.0 Å². The van der Waals surface area contributed by atoms with E-state index in [1.807, 2.05) is 12.1 Å². The Balaban J connectivity index is 2.23. The van der Waals surface area contributed by atoms with Gasteiger partial charge in [0.05, 0.1) is 0 Å². The van der Waals surface area contributed by atoms with Crippen LogP contribution in [0.4, 0.5) is 4.39 Å².